The molecule has 1 aromatic carbocycles. The zero-order valence-electron chi connectivity index (χ0n) is 12.7. The summed E-state index contributed by atoms with van der Waals surface area (Å²) in [7, 11) is 0. The lowest BCUT2D eigenvalue weighted by molar-refractivity contribution is 0.0140. The molecule has 2 aromatic rings. The Balaban J connectivity index is 1.62. The molecule has 116 valence electrons. The summed E-state index contributed by atoms with van der Waals surface area (Å²) in [5.41, 5.74) is 3.83. The Kier molecular flexibility index (Phi) is 3.39. The predicted octanol–water partition coefficient (Wildman–Crippen LogP) is 2.28. The van der Waals surface area contributed by atoms with Gasteiger partial charge in [-0.25, -0.2) is 0 Å². The summed E-state index contributed by atoms with van der Waals surface area (Å²) in [5.74, 6) is 0.779. The second-order valence-corrected chi connectivity index (χ2v) is 6.26. The summed E-state index contributed by atoms with van der Waals surface area (Å²) in [4.78, 5) is 2.35. The van der Waals surface area contributed by atoms with Gasteiger partial charge in [0.2, 0.25) is 0 Å². The van der Waals surface area contributed by atoms with Gasteiger partial charge in [0, 0.05) is 16.8 Å². The van der Waals surface area contributed by atoms with Crippen molar-refractivity contribution in [3.8, 4) is 17.0 Å². The van der Waals surface area contributed by atoms with Crippen LogP contribution in [0.4, 0.5) is 0 Å². The van der Waals surface area contributed by atoms with E-state index in [2.05, 4.69) is 15.1 Å². The van der Waals surface area contributed by atoms with Crippen molar-refractivity contribution in [2.75, 3.05) is 19.7 Å². The lowest BCUT2D eigenvalue weighted by Crippen LogP contribution is -2.44. The third-order valence-corrected chi connectivity index (χ3v) is 4.72. The smallest absolute Gasteiger partial charge is 0.125 e. The quantitative estimate of drug-likeness (QED) is 0.893. The maximum Gasteiger partial charge on any atom is 0.125 e. The number of hydrogen-bond acceptors (Lipinski definition) is 4. The third kappa shape index (κ3) is 2.30. The van der Waals surface area contributed by atoms with Crippen molar-refractivity contribution >= 4 is 0 Å². The Hall–Kier alpha value is -1.85. The molecule has 0 spiro atoms. The molecular formula is C17H21N3O2. The van der Waals surface area contributed by atoms with Gasteiger partial charge >= 0.3 is 0 Å². The number of aromatic nitrogens is 2. The maximum atomic E-state index is 10.7. The standard InChI is InChI=1S/C17H21N3O2/c1-11-8-14(19-18-11)12-4-5-13-16(9-12)22-10-15(17(13)21)20-6-2-3-7-20/h4-5,8-9,15,17,21H,2-3,6-7,10H2,1H3,(H,18,19)/t15-,17-/m1/s1. The molecule has 0 amide bonds. The van der Waals surface area contributed by atoms with Crippen LogP contribution in [-0.2, 0) is 0 Å². The molecule has 1 fully saturated rings. The van der Waals surface area contributed by atoms with E-state index < -0.39 is 6.10 Å². The van der Waals surface area contributed by atoms with Crippen molar-refractivity contribution < 1.29 is 9.84 Å². The number of rotatable bonds is 2. The summed E-state index contributed by atoms with van der Waals surface area (Å²) < 4.78 is 5.95. The van der Waals surface area contributed by atoms with Crippen molar-refractivity contribution in [3.05, 3.63) is 35.5 Å². The minimum Gasteiger partial charge on any atom is -0.491 e. The van der Waals surface area contributed by atoms with Crippen molar-refractivity contribution in [2.24, 2.45) is 0 Å². The van der Waals surface area contributed by atoms with Crippen LogP contribution in [0.2, 0.25) is 0 Å². The number of likely N-dealkylation sites (tertiary alicyclic amines) is 1. The fourth-order valence-corrected chi connectivity index (χ4v) is 3.48. The molecule has 1 aromatic heterocycles. The van der Waals surface area contributed by atoms with Crippen LogP contribution in [0.15, 0.2) is 24.3 Å². The molecule has 2 aliphatic rings. The number of nitrogens with zero attached hydrogens (tertiary/aromatic N) is 2. The van der Waals surface area contributed by atoms with Crippen LogP contribution in [0.3, 0.4) is 0 Å². The molecule has 2 atom stereocenters. The number of fused-ring (bicyclic) bond motifs is 1. The largest absolute Gasteiger partial charge is 0.491 e. The molecule has 5 nitrogen and oxygen atoms in total. The van der Waals surface area contributed by atoms with Gasteiger partial charge in [0.15, 0.2) is 0 Å². The molecule has 2 N–H and O–H groups in total. The number of hydrogen-bond donors (Lipinski definition) is 2. The van der Waals surface area contributed by atoms with Crippen molar-refractivity contribution in [3.63, 3.8) is 0 Å². The summed E-state index contributed by atoms with van der Waals surface area (Å²) in [6.45, 7) is 4.66. The monoisotopic (exact) mass is 299 g/mol. The van der Waals surface area contributed by atoms with Crippen LogP contribution in [0.5, 0.6) is 5.75 Å². The lowest BCUT2D eigenvalue weighted by Gasteiger charge is -2.36. The maximum absolute atomic E-state index is 10.7. The second kappa shape index (κ2) is 5.41. The summed E-state index contributed by atoms with van der Waals surface area (Å²) in [5, 5.41) is 17.9. The third-order valence-electron chi connectivity index (χ3n) is 4.72. The minimum absolute atomic E-state index is 0.0773. The normalized spacial score (nSPS) is 25.0. The topological polar surface area (TPSA) is 61.4 Å². The average Bonchev–Trinajstić information content (AvgIpc) is 3.19. The van der Waals surface area contributed by atoms with Gasteiger partial charge < -0.3 is 9.84 Å². The van der Waals surface area contributed by atoms with Crippen LogP contribution < -0.4 is 4.74 Å². The van der Waals surface area contributed by atoms with Gasteiger partial charge in [-0.05, 0) is 45.0 Å². The Morgan fingerprint density at radius 3 is 2.82 bits per heavy atom. The van der Waals surface area contributed by atoms with Gasteiger partial charge in [0.1, 0.15) is 18.5 Å². The van der Waals surface area contributed by atoms with E-state index in [1.165, 1.54) is 12.8 Å². The van der Waals surface area contributed by atoms with Crippen LogP contribution in [0, 0.1) is 6.92 Å². The van der Waals surface area contributed by atoms with Crippen LogP contribution in [0.25, 0.3) is 11.3 Å². The molecule has 0 bridgehead atoms. The Bertz CT molecular complexity index is 676. The van der Waals surface area contributed by atoms with Crippen molar-refractivity contribution in [1.29, 1.82) is 0 Å². The molecule has 0 aliphatic carbocycles. The first kappa shape index (κ1) is 13.8. The van der Waals surface area contributed by atoms with E-state index in [9.17, 15) is 5.11 Å². The molecular weight excluding hydrogens is 278 g/mol. The predicted molar refractivity (Wildman–Crippen MR) is 83.8 cm³/mol. The number of ether oxygens (including phenoxy) is 1. The van der Waals surface area contributed by atoms with E-state index in [4.69, 9.17) is 4.74 Å². The van der Waals surface area contributed by atoms with E-state index in [0.29, 0.717) is 6.61 Å². The molecule has 3 heterocycles. The average molecular weight is 299 g/mol. The molecule has 4 rings (SSSR count). The summed E-state index contributed by atoms with van der Waals surface area (Å²) in [6, 6.07) is 8.05. The first-order valence-corrected chi connectivity index (χ1v) is 7.93. The van der Waals surface area contributed by atoms with E-state index in [0.717, 1.165) is 41.4 Å². The fraction of sp³-hybridized carbons (Fsp3) is 0.471. The molecule has 0 unspecified atom stereocenters. The van der Waals surface area contributed by atoms with Gasteiger partial charge in [-0.1, -0.05) is 12.1 Å². The number of aromatic amines is 1. The molecule has 0 saturated carbocycles. The number of nitrogens with one attached hydrogen (secondary N) is 1. The van der Waals surface area contributed by atoms with Crippen molar-refractivity contribution in [2.45, 2.75) is 31.9 Å². The first-order valence-electron chi connectivity index (χ1n) is 7.93. The van der Waals surface area contributed by atoms with Crippen LogP contribution in [0.1, 0.15) is 30.2 Å². The number of aliphatic hydroxyl groups is 1. The first-order chi connectivity index (χ1) is 10.7. The van der Waals surface area contributed by atoms with E-state index >= 15 is 0 Å². The fourth-order valence-electron chi connectivity index (χ4n) is 3.48. The van der Waals surface area contributed by atoms with E-state index in [-0.39, 0.29) is 6.04 Å². The number of aryl methyl sites for hydroxylation is 1. The number of H-pyrrole nitrogens is 1. The van der Waals surface area contributed by atoms with Gasteiger partial charge in [-0.3, -0.25) is 10.00 Å². The van der Waals surface area contributed by atoms with E-state index in [1.54, 1.807) is 0 Å². The van der Waals surface area contributed by atoms with E-state index in [1.807, 2.05) is 31.2 Å². The van der Waals surface area contributed by atoms with Crippen LogP contribution >= 0.6 is 0 Å². The Labute approximate surface area is 129 Å². The SMILES string of the molecule is Cc1cc(-c2ccc3c(c2)OC[C@@H](N2CCCC2)[C@@H]3O)n[nH]1. The highest BCUT2D eigenvalue weighted by molar-refractivity contribution is 5.63. The number of aliphatic hydroxyl groups excluding tert-OH is 1. The molecule has 2 aliphatic heterocycles. The zero-order chi connectivity index (χ0) is 15.1. The summed E-state index contributed by atoms with van der Waals surface area (Å²) >= 11 is 0. The molecule has 22 heavy (non-hydrogen) atoms. The van der Waals surface area contributed by atoms with Crippen LogP contribution in [-0.4, -0.2) is 45.9 Å². The molecule has 1 saturated heterocycles. The van der Waals surface area contributed by atoms with Gasteiger partial charge in [0.05, 0.1) is 11.7 Å². The molecule has 5 heteroatoms. The highest BCUT2D eigenvalue weighted by Crippen LogP contribution is 2.37. The van der Waals surface area contributed by atoms with Gasteiger partial charge in [0.25, 0.3) is 0 Å². The minimum atomic E-state index is -0.475. The second-order valence-electron chi connectivity index (χ2n) is 6.26. The highest BCUT2D eigenvalue weighted by Gasteiger charge is 2.35. The van der Waals surface area contributed by atoms with Gasteiger partial charge in [-0.15, -0.1) is 0 Å². The van der Waals surface area contributed by atoms with Crippen molar-refractivity contribution in [1.82, 2.24) is 15.1 Å². The Morgan fingerprint density at radius 1 is 1.27 bits per heavy atom. The summed E-state index contributed by atoms with van der Waals surface area (Å²) in [6.07, 6.45) is 1.96. The molecule has 0 radical (unpaired) electrons. The highest BCUT2D eigenvalue weighted by atomic mass is 16.5. The Morgan fingerprint density at radius 2 is 2.09 bits per heavy atom. The zero-order valence-corrected chi connectivity index (χ0v) is 12.7. The number of benzene rings is 1. The lowest BCUT2D eigenvalue weighted by atomic mass is 9.96. The van der Waals surface area contributed by atoms with Gasteiger partial charge in [-0.2, -0.15) is 5.10 Å².